The lowest BCUT2D eigenvalue weighted by molar-refractivity contribution is 0.235. The molecular weight excluding hydrogens is 300 g/mol. The fraction of sp³-hybridized carbons (Fsp3) is 0.778. The van der Waals surface area contributed by atoms with E-state index in [0.717, 1.165) is 25.6 Å². The van der Waals surface area contributed by atoms with Crippen molar-refractivity contribution in [2.75, 3.05) is 39.8 Å². The summed E-state index contributed by atoms with van der Waals surface area (Å²) in [4.78, 5) is 9.55. The van der Waals surface area contributed by atoms with Gasteiger partial charge in [0.2, 0.25) is 0 Å². The van der Waals surface area contributed by atoms with Crippen molar-refractivity contribution in [3.63, 3.8) is 0 Å². The Balaban J connectivity index is 1.53. The minimum atomic E-state index is 0.567. The molecule has 6 heteroatoms. The lowest BCUT2D eigenvalue weighted by Crippen LogP contribution is -2.47. The smallest absolute Gasteiger partial charge is 0.193 e. The molecule has 0 radical (unpaired) electrons. The molecule has 6 nitrogen and oxygen atoms in total. The van der Waals surface area contributed by atoms with E-state index in [1.165, 1.54) is 44.3 Å². The van der Waals surface area contributed by atoms with Gasteiger partial charge >= 0.3 is 0 Å². The molecule has 24 heavy (non-hydrogen) atoms. The maximum atomic E-state index is 4.53. The molecule has 0 spiro atoms. The number of aryl methyl sites for hydroxylation is 1. The monoisotopic (exact) mass is 332 g/mol. The van der Waals surface area contributed by atoms with Gasteiger partial charge in [0.25, 0.3) is 0 Å². The maximum absolute atomic E-state index is 4.53. The first-order chi connectivity index (χ1) is 11.7. The number of likely N-dealkylation sites (tertiary alicyclic amines) is 2. The number of aliphatic imine (C=N–C) groups is 1. The van der Waals surface area contributed by atoms with Crippen LogP contribution in [0.25, 0.3) is 0 Å². The molecule has 0 amide bonds. The Bertz CT molecular complexity index is 545. The van der Waals surface area contributed by atoms with E-state index in [-0.39, 0.29) is 0 Å². The van der Waals surface area contributed by atoms with Crippen LogP contribution in [-0.4, -0.2) is 71.4 Å². The van der Waals surface area contributed by atoms with Crippen LogP contribution in [-0.2, 0) is 7.05 Å². The van der Waals surface area contributed by atoms with Gasteiger partial charge in [0.05, 0.1) is 6.20 Å². The van der Waals surface area contributed by atoms with Gasteiger partial charge in [0, 0.05) is 51.9 Å². The standard InChI is InChI=1S/C18H32N6/c1-4-17(23-8-5-6-9-23)12-20-18(19-2)24-10-7-15(14-24)16-11-21-22(3)13-16/h11,13,15,17H,4-10,12,14H2,1-3H3,(H,19,20). The molecule has 2 aliphatic rings. The second-order valence-corrected chi connectivity index (χ2v) is 7.11. The van der Waals surface area contributed by atoms with E-state index < -0.39 is 0 Å². The number of hydrogen-bond donors (Lipinski definition) is 1. The minimum Gasteiger partial charge on any atom is -0.355 e. The predicted molar refractivity (Wildman–Crippen MR) is 98.4 cm³/mol. The molecule has 134 valence electrons. The van der Waals surface area contributed by atoms with Crippen molar-refractivity contribution in [2.45, 2.75) is 44.6 Å². The second kappa shape index (κ2) is 8.01. The molecule has 3 rings (SSSR count). The van der Waals surface area contributed by atoms with Crippen molar-refractivity contribution >= 4 is 5.96 Å². The number of guanidine groups is 1. The van der Waals surface area contributed by atoms with Crippen molar-refractivity contribution in [3.05, 3.63) is 18.0 Å². The maximum Gasteiger partial charge on any atom is 0.193 e. The van der Waals surface area contributed by atoms with Crippen molar-refractivity contribution in [2.24, 2.45) is 12.0 Å². The molecule has 2 saturated heterocycles. The molecule has 3 heterocycles. The van der Waals surface area contributed by atoms with Crippen LogP contribution >= 0.6 is 0 Å². The summed E-state index contributed by atoms with van der Waals surface area (Å²) in [6.45, 7) is 7.90. The zero-order valence-corrected chi connectivity index (χ0v) is 15.4. The third-order valence-corrected chi connectivity index (χ3v) is 5.52. The summed E-state index contributed by atoms with van der Waals surface area (Å²) in [7, 11) is 3.89. The van der Waals surface area contributed by atoms with Crippen LogP contribution in [0.5, 0.6) is 0 Å². The summed E-state index contributed by atoms with van der Waals surface area (Å²) in [6, 6.07) is 0.626. The largest absolute Gasteiger partial charge is 0.355 e. The number of nitrogens with zero attached hydrogens (tertiary/aromatic N) is 5. The molecule has 0 saturated carbocycles. The quantitative estimate of drug-likeness (QED) is 0.658. The number of rotatable bonds is 5. The predicted octanol–water partition coefficient (Wildman–Crippen LogP) is 1.66. The lowest BCUT2D eigenvalue weighted by atomic mass is 10.0. The van der Waals surface area contributed by atoms with E-state index in [9.17, 15) is 0 Å². The molecular formula is C18H32N6. The van der Waals surface area contributed by atoms with Gasteiger partial charge in [-0.15, -0.1) is 0 Å². The summed E-state index contributed by atoms with van der Waals surface area (Å²) in [5, 5.41) is 7.94. The van der Waals surface area contributed by atoms with Gasteiger partial charge in [-0.3, -0.25) is 14.6 Å². The van der Waals surface area contributed by atoms with E-state index in [4.69, 9.17) is 0 Å². The third kappa shape index (κ3) is 3.91. The highest BCUT2D eigenvalue weighted by Gasteiger charge is 2.27. The van der Waals surface area contributed by atoms with E-state index >= 15 is 0 Å². The molecule has 2 atom stereocenters. The molecule has 2 aliphatic heterocycles. The summed E-state index contributed by atoms with van der Waals surface area (Å²) in [6.07, 6.45) is 9.22. The SMILES string of the molecule is CCC(CNC(=NC)N1CCC(c2cnn(C)c2)C1)N1CCCC1. The van der Waals surface area contributed by atoms with Crippen LogP contribution in [0.1, 0.15) is 44.1 Å². The molecule has 1 N–H and O–H groups in total. The van der Waals surface area contributed by atoms with E-state index in [0.29, 0.717) is 12.0 Å². The Kier molecular flexibility index (Phi) is 5.76. The topological polar surface area (TPSA) is 48.7 Å². The van der Waals surface area contributed by atoms with Crippen LogP contribution in [0.3, 0.4) is 0 Å². The van der Waals surface area contributed by atoms with Crippen molar-refractivity contribution in [3.8, 4) is 0 Å². The summed E-state index contributed by atoms with van der Waals surface area (Å²) in [5.41, 5.74) is 1.35. The summed E-state index contributed by atoms with van der Waals surface area (Å²) in [5.74, 6) is 1.62. The Morgan fingerprint density at radius 3 is 2.79 bits per heavy atom. The van der Waals surface area contributed by atoms with E-state index in [2.05, 4.69) is 38.3 Å². The van der Waals surface area contributed by atoms with Crippen LogP contribution in [0, 0.1) is 0 Å². The highest BCUT2D eigenvalue weighted by atomic mass is 15.3. The Labute approximate surface area is 145 Å². The van der Waals surface area contributed by atoms with Gasteiger partial charge < -0.3 is 10.2 Å². The van der Waals surface area contributed by atoms with Crippen LogP contribution in [0.4, 0.5) is 0 Å². The summed E-state index contributed by atoms with van der Waals surface area (Å²) < 4.78 is 1.90. The lowest BCUT2D eigenvalue weighted by Gasteiger charge is -2.29. The molecule has 1 aromatic heterocycles. The van der Waals surface area contributed by atoms with Gasteiger partial charge in [-0.25, -0.2) is 0 Å². The zero-order chi connectivity index (χ0) is 16.9. The number of aromatic nitrogens is 2. The first-order valence-electron chi connectivity index (χ1n) is 9.39. The number of nitrogens with one attached hydrogen (secondary N) is 1. The van der Waals surface area contributed by atoms with Crippen LogP contribution in [0.2, 0.25) is 0 Å². The highest BCUT2D eigenvalue weighted by molar-refractivity contribution is 5.80. The van der Waals surface area contributed by atoms with E-state index in [1.807, 2.05) is 25.0 Å². The first kappa shape index (κ1) is 17.3. The second-order valence-electron chi connectivity index (χ2n) is 7.11. The highest BCUT2D eigenvalue weighted by Crippen LogP contribution is 2.26. The Morgan fingerprint density at radius 1 is 1.38 bits per heavy atom. The fourth-order valence-corrected chi connectivity index (χ4v) is 4.06. The minimum absolute atomic E-state index is 0.567. The van der Waals surface area contributed by atoms with Gasteiger partial charge in [-0.1, -0.05) is 6.92 Å². The Hall–Kier alpha value is -1.56. The van der Waals surface area contributed by atoms with Crippen LogP contribution in [0.15, 0.2) is 17.4 Å². The molecule has 2 fully saturated rings. The average Bonchev–Trinajstić information content (AvgIpc) is 3.32. The number of hydrogen-bond acceptors (Lipinski definition) is 3. The van der Waals surface area contributed by atoms with Gasteiger partial charge in [0.15, 0.2) is 5.96 Å². The normalized spacial score (nSPS) is 23.9. The fourth-order valence-electron chi connectivity index (χ4n) is 4.06. The van der Waals surface area contributed by atoms with Crippen molar-refractivity contribution in [1.29, 1.82) is 0 Å². The van der Waals surface area contributed by atoms with Crippen LogP contribution < -0.4 is 5.32 Å². The molecule has 1 aromatic rings. The van der Waals surface area contributed by atoms with Gasteiger partial charge in [-0.05, 0) is 44.3 Å². The van der Waals surface area contributed by atoms with Gasteiger partial charge in [0.1, 0.15) is 0 Å². The molecule has 2 unspecified atom stereocenters. The Morgan fingerprint density at radius 2 is 2.17 bits per heavy atom. The molecule has 0 aromatic carbocycles. The summed E-state index contributed by atoms with van der Waals surface area (Å²) >= 11 is 0. The first-order valence-corrected chi connectivity index (χ1v) is 9.39. The average molecular weight is 332 g/mol. The third-order valence-electron chi connectivity index (χ3n) is 5.52. The zero-order valence-electron chi connectivity index (χ0n) is 15.4. The van der Waals surface area contributed by atoms with Gasteiger partial charge in [-0.2, -0.15) is 5.10 Å². The van der Waals surface area contributed by atoms with Crippen molar-refractivity contribution < 1.29 is 0 Å². The van der Waals surface area contributed by atoms with Crippen molar-refractivity contribution in [1.82, 2.24) is 24.9 Å². The van der Waals surface area contributed by atoms with E-state index in [1.54, 1.807) is 0 Å². The molecule has 0 aliphatic carbocycles. The molecule has 0 bridgehead atoms.